The number of hydrogen-bond donors (Lipinski definition) is 1. The molecular weight excluding hydrogens is 202 g/mol. The first-order chi connectivity index (χ1) is 7.72. The van der Waals surface area contributed by atoms with Crippen LogP contribution in [-0.4, -0.2) is 18.6 Å². The van der Waals surface area contributed by atoms with Crippen molar-refractivity contribution in [3.8, 4) is 0 Å². The molecule has 2 N–H and O–H groups in total. The van der Waals surface area contributed by atoms with Crippen molar-refractivity contribution in [3.05, 3.63) is 12.7 Å². The highest BCUT2D eigenvalue weighted by molar-refractivity contribution is 5.78. The highest BCUT2D eigenvalue weighted by Gasteiger charge is 2.14. The van der Waals surface area contributed by atoms with Crippen LogP contribution < -0.4 is 5.73 Å². The third kappa shape index (κ3) is 8.48. The minimum Gasteiger partial charge on any atom is -0.367 e. The van der Waals surface area contributed by atoms with E-state index >= 15 is 0 Å². The predicted octanol–water partition coefficient (Wildman–Crippen LogP) is 2.79. The topological polar surface area (TPSA) is 52.3 Å². The van der Waals surface area contributed by atoms with E-state index in [9.17, 15) is 4.79 Å². The third-order valence-corrected chi connectivity index (χ3v) is 2.55. The Kier molecular flexibility index (Phi) is 10.1. The summed E-state index contributed by atoms with van der Waals surface area (Å²) in [5.41, 5.74) is 5.24. The second-order valence-corrected chi connectivity index (χ2v) is 4.07. The van der Waals surface area contributed by atoms with Gasteiger partial charge in [0.2, 0.25) is 5.91 Å². The summed E-state index contributed by atoms with van der Waals surface area (Å²) in [5, 5.41) is 0. The van der Waals surface area contributed by atoms with Crippen molar-refractivity contribution >= 4 is 5.91 Å². The second-order valence-electron chi connectivity index (χ2n) is 4.07. The largest absolute Gasteiger partial charge is 0.367 e. The Hall–Kier alpha value is -0.830. The highest BCUT2D eigenvalue weighted by atomic mass is 16.5. The Morgan fingerprint density at radius 1 is 1.31 bits per heavy atom. The number of primary amides is 1. The summed E-state index contributed by atoms with van der Waals surface area (Å²) in [4.78, 5) is 11.0. The third-order valence-electron chi connectivity index (χ3n) is 2.55. The van der Waals surface area contributed by atoms with Crippen LogP contribution in [0.25, 0.3) is 0 Å². The fraction of sp³-hybridized carbons (Fsp3) is 0.769. The zero-order valence-electron chi connectivity index (χ0n) is 10.4. The van der Waals surface area contributed by atoms with Crippen molar-refractivity contribution in [1.82, 2.24) is 0 Å². The summed E-state index contributed by atoms with van der Waals surface area (Å²) < 4.78 is 5.29. The number of ether oxygens (including phenoxy) is 1. The molecule has 0 aromatic heterocycles. The van der Waals surface area contributed by atoms with Gasteiger partial charge in [-0.25, -0.2) is 0 Å². The molecule has 1 amide bonds. The number of amides is 1. The van der Waals surface area contributed by atoms with Gasteiger partial charge in [-0.3, -0.25) is 4.79 Å². The molecular formula is C13H25NO2. The van der Waals surface area contributed by atoms with Gasteiger partial charge in [0.25, 0.3) is 0 Å². The molecule has 0 aromatic rings. The first-order valence-electron chi connectivity index (χ1n) is 6.24. The first-order valence-corrected chi connectivity index (χ1v) is 6.24. The number of rotatable bonds is 11. The maximum Gasteiger partial charge on any atom is 0.246 e. The lowest BCUT2D eigenvalue weighted by Crippen LogP contribution is -2.31. The van der Waals surface area contributed by atoms with Crippen LogP contribution in [0.3, 0.4) is 0 Å². The molecule has 0 rings (SSSR count). The van der Waals surface area contributed by atoms with Crippen molar-refractivity contribution < 1.29 is 9.53 Å². The molecule has 94 valence electrons. The molecule has 1 atom stereocenters. The van der Waals surface area contributed by atoms with Gasteiger partial charge < -0.3 is 10.5 Å². The molecule has 0 radical (unpaired) electrons. The first kappa shape index (κ1) is 15.2. The van der Waals surface area contributed by atoms with E-state index in [1.165, 1.54) is 25.7 Å². The van der Waals surface area contributed by atoms with E-state index in [1.807, 2.05) is 0 Å². The van der Waals surface area contributed by atoms with E-state index in [2.05, 4.69) is 13.5 Å². The zero-order chi connectivity index (χ0) is 12.2. The maximum absolute atomic E-state index is 11.0. The Morgan fingerprint density at radius 3 is 2.50 bits per heavy atom. The Morgan fingerprint density at radius 2 is 1.94 bits per heavy atom. The van der Waals surface area contributed by atoms with Crippen LogP contribution in [0.15, 0.2) is 12.7 Å². The number of nitrogens with two attached hydrogens (primary N) is 1. The van der Waals surface area contributed by atoms with E-state index in [1.54, 1.807) is 6.08 Å². The minimum atomic E-state index is -0.441. The normalized spacial score (nSPS) is 12.3. The average Bonchev–Trinajstić information content (AvgIpc) is 2.26. The molecule has 0 aromatic carbocycles. The number of carbonyl (C=O) groups excluding carboxylic acids is 1. The van der Waals surface area contributed by atoms with E-state index in [0.717, 1.165) is 19.3 Å². The molecule has 1 unspecified atom stereocenters. The lowest BCUT2D eigenvalue weighted by atomic mass is 10.1. The van der Waals surface area contributed by atoms with Gasteiger partial charge in [0.05, 0.1) is 6.61 Å². The molecule has 3 heteroatoms. The van der Waals surface area contributed by atoms with Gasteiger partial charge in [0.15, 0.2) is 0 Å². The maximum atomic E-state index is 11.0. The minimum absolute atomic E-state index is 0.365. The van der Waals surface area contributed by atoms with E-state index in [4.69, 9.17) is 10.5 Å². The van der Waals surface area contributed by atoms with Crippen LogP contribution in [0.5, 0.6) is 0 Å². The molecule has 3 nitrogen and oxygen atoms in total. The summed E-state index contributed by atoms with van der Waals surface area (Å²) in [7, 11) is 0. The second kappa shape index (κ2) is 10.7. The van der Waals surface area contributed by atoms with Gasteiger partial charge in [-0.1, -0.05) is 51.5 Å². The van der Waals surface area contributed by atoms with Gasteiger partial charge >= 0.3 is 0 Å². The summed E-state index contributed by atoms with van der Waals surface area (Å²) >= 11 is 0. The Bertz CT molecular complexity index is 192. The molecule has 16 heavy (non-hydrogen) atoms. The molecule has 0 saturated heterocycles. The summed E-state index contributed by atoms with van der Waals surface area (Å²) in [5.74, 6) is -0.365. The summed E-state index contributed by atoms with van der Waals surface area (Å²) in [6.45, 7) is 6.14. The zero-order valence-corrected chi connectivity index (χ0v) is 10.4. The smallest absolute Gasteiger partial charge is 0.246 e. The fourth-order valence-electron chi connectivity index (χ4n) is 1.60. The Balaban J connectivity index is 3.52. The molecule has 0 saturated carbocycles. The van der Waals surface area contributed by atoms with Gasteiger partial charge in [-0.05, 0) is 6.42 Å². The van der Waals surface area contributed by atoms with E-state index in [-0.39, 0.29) is 5.91 Å². The SMILES string of the molecule is C=CCOC(CCCCCCCC)C(N)=O. The molecule has 0 aliphatic heterocycles. The molecule has 0 fully saturated rings. The average molecular weight is 227 g/mol. The van der Waals surface area contributed by atoms with E-state index in [0.29, 0.717) is 6.61 Å². The Labute approximate surface area is 99.0 Å². The van der Waals surface area contributed by atoms with Crippen molar-refractivity contribution in [3.63, 3.8) is 0 Å². The lowest BCUT2D eigenvalue weighted by molar-refractivity contribution is -0.129. The van der Waals surface area contributed by atoms with Crippen molar-refractivity contribution in [2.45, 2.75) is 58.0 Å². The van der Waals surface area contributed by atoms with Crippen LogP contribution in [0.1, 0.15) is 51.9 Å². The van der Waals surface area contributed by atoms with Gasteiger partial charge in [-0.2, -0.15) is 0 Å². The molecule has 0 bridgehead atoms. The fourth-order valence-corrected chi connectivity index (χ4v) is 1.60. The van der Waals surface area contributed by atoms with Gasteiger partial charge in [-0.15, -0.1) is 6.58 Å². The standard InChI is InChI=1S/C13H25NO2/c1-3-5-6-7-8-9-10-12(13(14)15)16-11-4-2/h4,12H,2-3,5-11H2,1H3,(H2,14,15). The quantitative estimate of drug-likeness (QED) is 0.436. The lowest BCUT2D eigenvalue weighted by Gasteiger charge is -2.12. The van der Waals surface area contributed by atoms with Crippen LogP contribution in [-0.2, 0) is 9.53 Å². The van der Waals surface area contributed by atoms with E-state index < -0.39 is 6.10 Å². The van der Waals surface area contributed by atoms with Crippen molar-refractivity contribution in [2.24, 2.45) is 5.73 Å². The molecule has 0 aliphatic rings. The number of hydrogen-bond acceptors (Lipinski definition) is 2. The molecule has 0 spiro atoms. The summed E-state index contributed by atoms with van der Waals surface area (Å²) in [6.07, 6.45) is 9.16. The van der Waals surface area contributed by atoms with Crippen LogP contribution >= 0.6 is 0 Å². The van der Waals surface area contributed by atoms with Crippen LogP contribution in [0.2, 0.25) is 0 Å². The molecule has 0 heterocycles. The van der Waals surface area contributed by atoms with Gasteiger partial charge in [0, 0.05) is 0 Å². The predicted molar refractivity (Wildman–Crippen MR) is 67.1 cm³/mol. The van der Waals surface area contributed by atoms with Crippen LogP contribution in [0.4, 0.5) is 0 Å². The highest BCUT2D eigenvalue weighted by Crippen LogP contribution is 2.10. The van der Waals surface area contributed by atoms with Gasteiger partial charge in [0.1, 0.15) is 6.10 Å². The van der Waals surface area contributed by atoms with Crippen molar-refractivity contribution in [1.29, 1.82) is 0 Å². The monoisotopic (exact) mass is 227 g/mol. The summed E-state index contributed by atoms with van der Waals surface area (Å²) in [6, 6.07) is 0. The number of carbonyl (C=O) groups is 1. The molecule has 0 aliphatic carbocycles. The van der Waals surface area contributed by atoms with Crippen LogP contribution in [0, 0.1) is 0 Å². The number of unbranched alkanes of at least 4 members (excludes halogenated alkanes) is 5. The van der Waals surface area contributed by atoms with Crippen molar-refractivity contribution in [2.75, 3.05) is 6.61 Å².